The summed E-state index contributed by atoms with van der Waals surface area (Å²) in [6.07, 6.45) is 0. The maximum atomic E-state index is 4.42. The highest BCUT2D eigenvalue weighted by atomic mass is 15.5. The fourth-order valence-electron chi connectivity index (χ4n) is 3.06. The molecule has 146 valence electrons. The number of hydrogen-bond acceptors (Lipinski definition) is 8. The summed E-state index contributed by atoms with van der Waals surface area (Å²) < 4.78 is 0. The van der Waals surface area contributed by atoms with Gasteiger partial charge in [-0.15, -0.1) is 0 Å². The zero-order valence-corrected chi connectivity index (χ0v) is 15.9. The van der Waals surface area contributed by atoms with Crippen LogP contribution in [-0.2, 0) is 0 Å². The van der Waals surface area contributed by atoms with Crippen LogP contribution < -0.4 is 21.7 Å². The lowest BCUT2D eigenvalue weighted by molar-refractivity contribution is 0.880. The van der Waals surface area contributed by atoms with Gasteiger partial charge in [0.2, 0.25) is 0 Å². The van der Waals surface area contributed by atoms with Gasteiger partial charge in [-0.3, -0.25) is 21.7 Å². The smallest absolute Gasteiger partial charge is 0.173 e. The quantitative estimate of drug-likeness (QED) is 0.545. The maximum Gasteiger partial charge on any atom is 0.173 e. The Kier molecular flexibility index (Phi) is 4.63. The van der Waals surface area contributed by atoms with E-state index in [9.17, 15) is 0 Å². The van der Waals surface area contributed by atoms with Crippen molar-refractivity contribution in [3.05, 3.63) is 107 Å². The van der Waals surface area contributed by atoms with E-state index in [2.05, 4.69) is 42.1 Å². The molecule has 2 heterocycles. The molecular formula is C22H18N8. The first-order valence-electron chi connectivity index (χ1n) is 9.43. The first-order valence-corrected chi connectivity index (χ1v) is 9.43. The molecule has 0 unspecified atom stereocenters. The molecule has 2 aliphatic rings. The Hall–Kier alpha value is -4.46. The van der Waals surface area contributed by atoms with Crippen LogP contribution in [0.1, 0.15) is 22.3 Å². The van der Waals surface area contributed by atoms with Crippen molar-refractivity contribution in [3.63, 3.8) is 0 Å². The van der Waals surface area contributed by atoms with Crippen molar-refractivity contribution in [1.29, 1.82) is 0 Å². The summed E-state index contributed by atoms with van der Waals surface area (Å²) in [6.45, 7) is 0. The van der Waals surface area contributed by atoms with Gasteiger partial charge in [-0.05, 0) is 6.07 Å². The van der Waals surface area contributed by atoms with Crippen molar-refractivity contribution in [2.24, 2.45) is 20.4 Å². The van der Waals surface area contributed by atoms with Gasteiger partial charge in [0, 0.05) is 22.3 Å². The second-order valence-electron chi connectivity index (χ2n) is 6.60. The first-order chi connectivity index (χ1) is 14.9. The van der Waals surface area contributed by atoms with E-state index < -0.39 is 0 Å². The fraction of sp³-hybridized carbons (Fsp3) is 0. The number of nitrogens with zero attached hydrogens (tertiary/aromatic N) is 4. The second-order valence-corrected chi connectivity index (χ2v) is 6.60. The van der Waals surface area contributed by atoms with E-state index in [1.807, 2.05) is 84.9 Å². The van der Waals surface area contributed by atoms with Crippen molar-refractivity contribution in [3.8, 4) is 0 Å². The predicted octanol–water partition coefficient (Wildman–Crippen LogP) is 2.12. The molecular weight excluding hydrogens is 376 g/mol. The molecule has 8 nitrogen and oxygen atoms in total. The average Bonchev–Trinajstić information content (AvgIpc) is 2.85. The van der Waals surface area contributed by atoms with Crippen molar-refractivity contribution >= 4 is 23.3 Å². The summed E-state index contributed by atoms with van der Waals surface area (Å²) in [5.74, 6) is 2.57. The minimum Gasteiger partial charge on any atom is -0.257 e. The van der Waals surface area contributed by atoms with Gasteiger partial charge >= 0.3 is 0 Å². The van der Waals surface area contributed by atoms with Crippen LogP contribution in [0.3, 0.4) is 0 Å². The number of nitrogens with one attached hydrogen (secondary N) is 4. The van der Waals surface area contributed by atoms with Crippen LogP contribution in [0.4, 0.5) is 0 Å². The van der Waals surface area contributed by atoms with E-state index in [0.717, 1.165) is 22.3 Å². The van der Waals surface area contributed by atoms with Gasteiger partial charge in [-0.25, -0.2) is 0 Å². The third-order valence-electron chi connectivity index (χ3n) is 4.60. The summed E-state index contributed by atoms with van der Waals surface area (Å²) in [4.78, 5) is 0. The van der Waals surface area contributed by atoms with Gasteiger partial charge in [0.1, 0.15) is 0 Å². The minimum absolute atomic E-state index is 0.620. The summed E-state index contributed by atoms with van der Waals surface area (Å²) in [7, 11) is 0. The van der Waals surface area contributed by atoms with Gasteiger partial charge < -0.3 is 0 Å². The number of hydrazone groups is 4. The van der Waals surface area contributed by atoms with Crippen LogP contribution in [0, 0.1) is 0 Å². The molecule has 2 aliphatic heterocycles. The zero-order chi connectivity index (χ0) is 20.2. The molecule has 0 amide bonds. The Bertz CT molecular complexity index is 1090. The number of hydrogen-bond donors (Lipinski definition) is 4. The van der Waals surface area contributed by atoms with Gasteiger partial charge in [0.15, 0.2) is 23.3 Å². The molecule has 3 aromatic carbocycles. The fourth-order valence-corrected chi connectivity index (χ4v) is 3.06. The Balaban J connectivity index is 1.30. The van der Waals surface area contributed by atoms with E-state index in [1.54, 1.807) is 0 Å². The molecule has 0 atom stereocenters. The zero-order valence-electron chi connectivity index (χ0n) is 15.9. The largest absolute Gasteiger partial charge is 0.257 e. The molecule has 5 rings (SSSR count). The number of benzene rings is 3. The summed E-state index contributed by atoms with van der Waals surface area (Å²) in [6, 6.07) is 27.5. The summed E-state index contributed by atoms with van der Waals surface area (Å²) in [5.41, 5.74) is 15.7. The topological polar surface area (TPSA) is 97.6 Å². The molecule has 0 saturated heterocycles. The molecule has 0 radical (unpaired) electrons. The van der Waals surface area contributed by atoms with E-state index in [-0.39, 0.29) is 0 Å². The summed E-state index contributed by atoms with van der Waals surface area (Å²) in [5, 5.41) is 17.6. The van der Waals surface area contributed by atoms with Gasteiger partial charge in [-0.2, -0.15) is 20.4 Å². The minimum atomic E-state index is 0.620. The summed E-state index contributed by atoms with van der Waals surface area (Å²) >= 11 is 0. The molecule has 30 heavy (non-hydrogen) atoms. The highest BCUT2D eigenvalue weighted by Crippen LogP contribution is 2.10. The molecule has 3 aromatic rings. The third-order valence-corrected chi connectivity index (χ3v) is 4.60. The van der Waals surface area contributed by atoms with Crippen LogP contribution in [0.2, 0.25) is 0 Å². The number of rotatable bonds is 4. The molecule has 0 aromatic heterocycles. The average molecular weight is 394 g/mol. The van der Waals surface area contributed by atoms with Gasteiger partial charge in [-0.1, -0.05) is 78.9 Å². The third kappa shape index (κ3) is 3.61. The van der Waals surface area contributed by atoms with Gasteiger partial charge in [0.05, 0.1) is 0 Å². The number of amidine groups is 4. The van der Waals surface area contributed by atoms with Crippen LogP contribution in [-0.4, -0.2) is 23.3 Å². The van der Waals surface area contributed by atoms with Crippen molar-refractivity contribution in [1.82, 2.24) is 21.7 Å². The van der Waals surface area contributed by atoms with Crippen LogP contribution in [0.5, 0.6) is 0 Å². The Morgan fingerprint density at radius 2 is 0.700 bits per heavy atom. The predicted molar refractivity (Wildman–Crippen MR) is 118 cm³/mol. The Labute approximate surface area is 173 Å². The Morgan fingerprint density at radius 1 is 0.367 bits per heavy atom. The standard InChI is InChI=1S/C22H18N8/c1-3-8-15(9-4-1)19-23-27-21(28-24-19)17-12-7-13-18(14-17)22-29-25-20(26-30-22)16-10-5-2-6-11-16/h1-14H,(H,23,24)(H,25,26)(H,27,28)(H,29,30). The molecule has 0 fully saturated rings. The molecule has 0 saturated carbocycles. The SMILES string of the molecule is c1ccc(C2=NNC(c3cccc(C4=NNC(c5ccccc5)=NN4)c3)=NN2)cc1. The lowest BCUT2D eigenvalue weighted by Crippen LogP contribution is -2.35. The highest BCUT2D eigenvalue weighted by Gasteiger charge is 2.15. The second kappa shape index (κ2) is 7.88. The normalized spacial score (nSPS) is 15.2. The molecule has 0 spiro atoms. The molecule has 4 N–H and O–H groups in total. The molecule has 8 heteroatoms. The van der Waals surface area contributed by atoms with E-state index >= 15 is 0 Å². The molecule has 0 aliphatic carbocycles. The lowest BCUT2D eigenvalue weighted by Gasteiger charge is -2.17. The first kappa shape index (κ1) is 17.6. The molecule has 0 bridgehead atoms. The van der Waals surface area contributed by atoms with Crippen molar-refractivity contribution in [2.75, 3.05) is 0 Å². The Morgan fingerprint density at radius 3 is 1.07 bits per heavy atom. The van der Waals surface area contributed by atoms with Crippen LogP contribution in [0.15, 0.2) is 105 Å². The van der Waals surface area contributed by atoms with Crippen molar-refractivity contribution in [2.45, 2.75) is 0 Å². The maximum absolute atomic E-state index is 4.42. The monoisotopic (exact) mass is 394 g/mol. The van der Waals surface area contributed by atoms with E-state index in [0.29, 0.717) is 23.3 Å². The highest BCUT2D eigenvalue weighted by molar-refractivity contribution is 6.09. The van der Waals surface area contributed by atoms with Crippen LogP contribution in [0.25, 0.3) is 0 Å². The van der Waals surface area contributed by atoms with E-state index in [4.69, 9.17) is 0 Å². The van der Waals surface area contributed by atoms with Crippen LogP contribution >= 0.6 is 0 Å². The van der Waals surface area contributed by atoms with E-state index in [1.165, 1.54) is 0 Å². The van der Waals surface area contributed by atoms with Gasteiger partial charge in [0.25, 0.3) is 0 Å². The van der Waals surface area contributed by atoms with Crippen molar-refractivity contribution < 1.29 is 0 Å². The lowest BCUT2D eigenvalue weighted by atomic mass is 10.1.